The number of nitrogens with one attached hydrogen (secondary N) is 2. The second-order valence-electron chi connectivity index (χ2n) is 6.17. The maximum Gasteiger partial charge on any atom is 0.227 e. The average molecular weight is 392 g/mol. The fourth-order valence-corrected chi connectivity index (χ4v) is 3.42. The molecule has 27 heavy (non-hydrogen) atoms. The molecule has 0 radical (unpaired) electrons. The maximum absolute atomic E-state index is 5.32. The van der Waals surface area contributed by atoms with E-state index in [1.54, 1.807) is 6.20 Å². The van der Waals surface area contributed by atoms with Gasteiger partial charge in [0.25, 0.3) is 0 Å². The highest BCUT2D eigenvalue weighted by atomic mass is 32.1. The number of rotatable bonds is 5. The zero-order valence-corrected chi connectivity index (χ0v) is 16.1. The van der Waals surface area contributed by atoms with Crippen LogP contribution in [0.25, 0.3) is 11.0 Å². The van der Waals surface area contributed by atoms with Gasteiger partial charge in [-0.05, 0) is 23.3 Å². The standard InChI is InChI=1S/C20H17N5S2/c26-18-16-11-21-19(22-17(16)23-20(27)24-18)25(12-14-7-3-1-4-8-14)13-15-9-5-2-6-10-15/h1-11H,12-13H2,(H2,21,22,23,24,26,27). The van der Waals surface area contributed by atoms with E-state index in [-0.39, 0.29) is 0 Å². The molecular formula is C20H17N5S2. The molecule has 2 aromatic carbocycles. The number of nitrogens with zero attached hydrogens (tertiary/aromatic N) is 3. The molecular weight excluding hydrogens is 374 g/mol. The molecule has 0 amide bonds. The third kappa shape index (κ3) is 4.10. The van der Waals surface area contributed by atoms with Crippen molar-refractivity contribution in [1.29, 1.82) is 0 Å². The van der Waals surface area contributed by atoms with Crippen LogP contribution in [0.4, 0.5) is 5.95 Å². The Kier molecular flexibility index (Phi) is 5.04. The van der Waals surface area contributed by atoms with Gasteiger partial charge in [-0.25, -0.2) is 4.98 Å². The summed E-state index contributed by atoms with van der Waals surface area (Å²) in [7, 11) is 0. The molecule has 4 aromatic rings. The van der Waals surface area contributed by atoms with Crippen molar-refractivity contribution in [1.82, 2.24) is 19.9 Å². The molecule has 2 heterocycles. The first-order chi connectivity index (χ1) is 13.2. The van der Waals surface area contributed by atoms with Crippen LogP contribution in [0, 0.1) is 9.41 Å². The summed E-state index contributed by atoms with van der Waals surface area (Å²) in [4.78, 5) is 17.4. The van der Waals surface area contributed by atoms with Crippen molar-refractivity contribution in [3.63, 3.8) is 0 Å². The minimum Gasteiger partial charge on any atom is -0.332 e. The predicted molar refractivity (Wildman–Crippen MR) is 113 cm³/mol. The second kappa shape index (κ2) is 7.77. The Morgan fingerprint density at radius 1 is 0.815 bits per heavy atom. The Hall–Kier alpha value is -2.90. The van der Waals surface area contributed by atoms with Crippen molar-refractivity contribution in [3.05, 3.63) is 87.4 Å². The van der Waals surface area contributed by atoms with Gasteiger partial charge in [-0.1, -0.05) is 72.9 Å². The van der Waals surface area contributed by atoms with Crippen molar-refractivity contribution in [2.75, 3.05) is 4.90 Å². The third-order valence-corrected chi connectivity index (χ3v) is 4.72. The van der Waals surface area contributed by atoms with Gasteiger partial charge in [-0.3, -0.25) is 0 Å². The molecule has 134 valence electrons. The van der Waals surface area contributed by atoms with Gasteiger partial charge in [-0.2, -0.15) is 4.98 Å². The number of hydrogen-bond donors (Lipinski definition) is 2. The minimum absolute atomic E-state index is 0.454. The van der Waals surface area contributed by atoms with E-state index >= 15 is 0 Å². The molecule has 0 fully saturated rings. The summed E-state index contributed by atoms with van der Waals surface area (Å²) in [6.07, 6.45) is 1.74. The topological polar surface area (TPSA) is 60.6 Å². The minimum atomic E-state index is 0.454. The monoisotopic (exact) mass is 391 g/mol. The van der Waals surface area contributed by atoms with Gasteiger partial charge in [0, 0.05) is 19.3 Å². The van der Waals surface area contributed by atoms with Gasteiger partial charge in [0.15, 0.2) is 4.77 Å². The quantitative estimate of drug-likeness (QED) is 0.471. The lowest BCUT2D eigenvalue weighted by Crippen LogP contribution is -2.24. The normalized spacial score (nSPS) is 10.8. The molecule has 4 rings (SSSR count). The van der Waals surface area contributed by atoms with E-state index in [2.05, 4.69) is 44.1 Å². The van der Waals surface area contributed by atoms with Crippen LogP contribution in [-0.4, -0.2) is 19.9 Å². The Morgan fingerprint density at radius 3 is 2.00 bits per heavy atom. The number of H-pyrrole nitrogens is 2. The molecule has 0 saturated carbocycles. The number of benzene rings is 2. The molecule has 0 aliphatic rings. The first kappa shape index (κ1) is 17.5. The van der Waals surface area contributed by atoms with E-state index in [1.165, 1.54) is 11.1 Å². The molecule has 2 aromatic heterocycles. The maximum atomic E-state index is 5.32. The molecule has 5 nitrogen and oxygen atoms in total. The van der Waals surface area contributed by atoms with E-state index < -0.39 is 0 Å². The summed E-state index contributed by atoms with van der Waals surface area (Å²) in [6.45, 7) is 1.39. The first-order valence-electron chi connectivity index (χ1n) is 8.51. The van der Waals surface area contributed by atoms with Gasteiger partial charge < -0.3 is 14.9 Å². The average Bonchev–Trinajstić information content (AvgIpc) is 2.68. The Balaban J connectivity index is 1.76. The first-order valence-corrected chi connectivity index (χ1v) is 9.33. The highest BCUT2D eigenvalue weighted by Gasteiger charge is 2.13. The van der Waals surface area contributed by atoms with Crippen LogP contribution in [0.5, 0.6) is 0 Å². The molecule has 0 bridgehead atoms. The number of aromatic amines is 2. The highest BCUT2D eigenvalue weighted by Crippen LogP contribution is 2.19. The van der Waals surface area contributed by atoms with Crippen molar-refractivity contribution in [3.8, 4) is 0 Å². The number of hydrogen-bond acceptors (Lipinski definition) is 5. The molecule has 0 aliphatic heterocycles. The van der Waals surface area contributed by atoms with Gasteiger partial charge in [0.2, 0.25) is 5.95 Å². The third-order valence-electron chi connectivity index (χ3n) is 4.20. The smallest absolute Gasteiger partial charge is 0.227 e. The van der Waals surface area contributed by atoms with Crippen LogP contribution in [0.15, 0.2) is 66.9 Å². The van der Waals surface area contributed by atoms with Crippen LogP contribution in [-0.2, 0) is 13.1 Å². The molecule has 0 spiro atoms. The summed E-state index contributed by atoms with van der Waals surface area (Å²) < 4.78 is 0.993. The number of aromatic nitrogens is 4. The number of anilines is 1. The predicted octanol–water partition coefficient (Wildman–Crippen LogP) is 4.95. The molecule has 2 N–H and O–H groups in total. The second-order valence-corrected chi connectivity index (χ2v) is 6.98. The lowest BCUT2D eigenvalue weighted by molar-refractivity contribution is 0.766. The zero-order valence-electron chi connectivity index (χ0n) is 14.4. The fourth-order valence-electron chi connectivity index (χ4n) is 2.90. The van der Waals surface area contributed by atoms with Gasteiger partial charge in [0.1, 0.15) is 10.3 Å². The molecule has 0 saturated heterocycles. The van der Waals surface area contributed by atoms with E-state index in [0.717, 1.165) is 5.39 Å². The van der Waals surface area contributed by atoms with Gasteiger partial charge in [-0.15, -0.1) is 0 Å². The van der Waals surface area contributed by atoms with Crippen LogP contribution in [0.1, 0.15) is 11.1 Å². The highest BCUT2D eigenvalue weighted by molar-refractivity contribution is 7.72. The van der Waals surface area contributed by atoms with Gasteiger partial charge in [0.05, 0.1) is 5.39 Å². The molecule has 7 heteroatoms. The zero-order chi connectivity index (χ0) is 18.6. The van der Waals surface area contributed by atoms with Crippen molar-refractivity contribution < 1.29 is 0 Å². The summed E-state index contributed by atoms with van der Waals surface area (Å²) in [5.74, 6) is 0.626. The fraction of sp³-hybridized carbons (Fsp3) is 0.100. The van der Waals surface area contributed by atoms with Crippen LogP contribution < -0.4 is 4.90 Å². The van der Waals surface area contributed by atoms with Crippen molar-refractivity contribution in [2.24, 2.45) is 0 Å². The lowest BCUT2D eigenvalue weighted by Gasteiger charge is -2.23. The van der Waals surface area contributed by atoms with E-state index in [1.807, 2.05) is 36.4 Å². The SMILES string of the molecule is S=c1[nH]c(=S)c2cnc(N(Cc3ccccc3)Cc3ccccc3)nc2[nH]1. The summed E-state index contributed by atoms with van der Waals surface area (Å²) in [5.41, 5.74) is 3.02. The Morgan fingerprint density at radius 2 is 1.41 bits per heavy atom. The Labute approximate surface area is 166 Å². The van der Waals surface area contributed by atoms with Crippen molar-refractivity contribution in [2.45, 2.75) is 13.1 Å². The summed E-state index contributed by atoms with van der Waals surface area (Å²) in [5, 5.41) is 0.752. The molecule has 0 unspecified atom stereocenters. The number of fused-ring (bicyclic) bond motifs is 1. The summed E-state index contributed by atoms with van der Waals surface area (Å²) in [6, 6.07) is 20.6. The molecule has 0 aliphatic carbocycles. The van der Waals surface area contributed by atoms with Crippen LogP contribution in [0.3, 0.4) is 0 Å². The van der Waals surface area contributed by atoms with Crippen LogP contribution in [0.2, 0.25) is 0 Å². The van der Waals surface area contributed by atoms with Crippen LogP contribution >= 0.6 is 24.4 Å². The lowest BCUT2D eigenvalue weighted by atomic mass is 10.2. The Bertz CT molecular complexity index is 1130. The largest absolute Gasteiger partial charge is 0.332 e. The van der Waals surface area contributed by atoms with E-state index in [9.17, 15) is 0 Å². The van der Waals surface area contributed by atoms with E-state index in [0.29, 0.717) is 34.1 Å². The van der Waals surface area contributed by atoms with Crippen molar-refractivity contribution >= 4 is 41.4 Å². The molecule has 0 atom stereocenters. The summed E-state index contributed by atoms with van der Waals surface area (Å²) >= 11 is 10.5. The van der Waals surface area contributed by atoms with Gasteiger partial charge >= 0.3 is 0 Å². The van der Waals surface area contributed by atoms with E-state index in [4.69, 9.17) is 29.4 Å².